The van der Waals surface area contributed by atoms with E-state index in [-0.39, 0.29) is 32.2 Å². The van der Waals surface area contributed by atoms with Crippen molar-refractivity contribution in [2.45, 2.75) is 91.3 Å². The summed E-state index contributed by atoms with van der Waals surface area (Å²) in [6.45, 7) is 18.6. The molecule has 0 spiro atoms. The van der Waals surface area contributed by atoms with Gasteiger partial charge in [-0.05, 0) is 37.1 Å². The largest absolute Gasteiger partial charge is 0.493 e. The summed E-state index contributed by atoms with van der Waals surface area (Å²) in [5.41, 5.74) is 12.5. The van der Waals surface area contributed by atoms with Gasteiger partial charge in [-0.25, -0.2) is 9.59 Å². The molecule has 4 N–H and O–H groups in total. The molecule has 0 aromatic heterocycles. The monoisotopic (exact) mass is 672 g/mol. The van der Waals surface area contributed by atoms with Crippen LogP contribution in [0, 0.1) is 13.8 Å². The van der Waals surface area contributed by atoms with E-state index in [1.54, 1.807) is 6.92 Å². The number of aliphatic hydroxyl groups is 1. The Kier molecular flexibility index (Phi) is 12.2. The van der Waals surface area contributed by atoms with Gasteiger partial charge in [0.2, 0.25) is 6.41 Å². The van der Waals surface area contributed by atoms with Crippen LogP contribution in [0.5, 0.6) is 11.5 Å². The summed E-state index contributed by atoms with van der Waals surface area (Å²) in [6.07, 6.45) is 1.73. The van der Waals surface area contributed by atoms with Crippen LogP contribution in [-0.4, -0.2) is 65.7 Å². The highest BCUT2D eigenvalue weighted by molar-refractivity contribution is 6.76. The minimum atomic E-state index is -1.31. The van der Waals surface area contributed by atoms with Crippen molar-refractivity contribution in [1.29, 1.82) is 0 Å². The van der Waals surface area contributed by atoms with E-state index in [1.807, 2.05) is 6.92 Å². The number of rotatable bonds is 14. The lowest BCUT2D eigenvalue weighted by Crippen LogP contribution is -2.23. The topological polar surface area (TPSA) is 163 Å². The molecule has 46 heavy (non-hydrogen) atoms. The molecule has 4 rings (SSSR count). The van der Waals surface area contributed by atoms with Crippen LogP contribution in [0.1, 0.15) is 54.1 Å². The number of nitrogen functional groups attached to an aromatic ring is 1. The molecule has 0 saturated heterocycles. The van der Waals surface area contributed by atoms with Crippen molar-refractivity contribution < 1.29 is 43.2 Å². The van der Waals surface area contributed by atoms with Crippen molar-refractivity contribution in [2.75, 3.05) is 30.9 Å². The fourth-order valence-corrected chi connectivity index (χ4v) is 6.72. The van der Waals surface area contributed by atoms with Crippen LogP contribution >= 0.6 is 0 Å². The summed E-state index contributed by atoms with van der Waals surface area (Å²) in [5, 5.41) is 12.0. The highest BCUT2D eigenvalue weighted by Gasteiger charge is 2.34. The lowest BCUT2D eigenvalue weighted by molar-refractivity contribution is -0.107. The van der Waals surface area contributed by atoms with Crippen LogP contribution in [0.15, 0.2) is 0 Å². The Labute approximate surface area is 273 Å². The minimum Gasteiger partial charge on any atom is -0.493 e. The van der Waals surface area contributed by atoms with Gasteiger partial charge in [-0.1, -0.05) is 39.3 Å². The summed E-state index contributed by atoms with van der Waals surface area (Å²) in [4.78, 5) is 46.3. The SMILES string of the molecule is Cc1c(N)c(CCO)c(OCC[Si](C)(C)C)c2c1COC2=O.Cc1c2c(c(OCC[Si](C)(C)C)c(CC=O)c1NC=O)C(=O)OC2. The molecule has 0 atom stereocenters. The second kappa shape index (κ2) is 15.3. The maximum Gasteiger partial charge on any atom is 0.342 e. The van der Waals surface area contributed by atoms with Gasteiger partial charge in [-0.15, -0.1) is 0 Å². The smallest absolute Gasteiger partial charge is 0.342 e. The molecule has 252 valence electrons. The van der Waals surface area contributed by atoms with E-state index < -0.39 is 22.1 Å². The number of fused-ring (bicyclic) bond motifs is 2. The highest BCUT2D eigenvalue weighted by atomic mass is 28.3. The molecule has 0 fully saturated rings. The van der Waals surface area contributed by atoms with Gasteiger partial charge in [-0.3, -0.25) is 4.79 Å². The van der Waals surface area contributed by atoms with E-state index >= 15 is 0 Å². The number of aliphatic hydroxyl groups excluding tert-OH is 1. The Morgan fingerprint density at radius 3 is 1.74 bits per heavy atom. The minimum absolute atomic E-state index is 0.0398. The fraction of sp³-hybridized carbons (Fsp3) is 0.515. The molecule has 0 bridgehead atoms. The number of hydrogen-bond acceptors (Lipinski definition) is 10. The lowest BCUT2D eigenvalue weighted by atomic mass is 9.94. The third kappa shape index (κ3) is 8.56. The average molecular weight is 673 g/mol. The molecule has 11 nitrogen and oxygen atoms in total. The van der Waals surface area contributed by atoms with Crippen molar-refractivity contribution in [3.8, 4) is 11.5 Å². The summed E-state index contributed by atoms with van der Waals surface area (Å²) < 4.78 is 22.2. The van der Waals surface area contributed by atoms with Crippen LogP contribution in [-0.2, 0) is 45.1 Å². The first-order valence-corrected chi connectivity index (χ1v) is 22.9. The first kappa shape index (κ1) is 36.8. The Hall–Kier alpha value is -3.69. The second-order valence-corrected chi connectivity index (χ2v) is 25.2. The Bertz CT molecular complexity index is 1490. The van der Waals surface area contributed by atoms with Gasteiger partial charge in [0, 0.05) is 63.5 Å². The predicted molar refractivity (Wildman–Crippen MR) is 183 cm³/mol. The van der Waals surface area contributed by atoms with E-state index in [4.69, 9.17) is 24.7 Å². The quantitative estimate of drug-likeness (QED) is 0.105. The summed E-state index contributed by atoms with van der Waals surface area (Å²) in [5.74, 6) is 0.0712. The molecule has 1 amide bonds. The third-order valence-corrected chi connectivity index (χ3v) is 11.5. The average Bonchev–Trinajstić information content (AvgIpc) is 3.54. The third-order valence-electron chi connectivity index (χ3n) is 8.07. The van der Waals surface area contributed by atoms with Crippen molar-refractivity contribution in [1.82, 2.24) is 0 Å². The predicted octanol–water partition coefficient (Wildman–Crippen LogP) is 5.19. The van der Waals surface area contributed by atoms with Crippen molar-refractivity contribution in [3.63, 3.8) is 0 Å². The van der Waals surface area contributed by atoms with Crippen LogP contribution in [0.4, 0.5) is 11.4 Å². The van der Waals surface area contributed by atoms with Gasteiger partial charge in [0.15, 0.2) is 0 Å². The van der Waals surface area contributed by atoms with E-state index in [1.165, 1.54) is 0 Å². The zero-order valence-corrected chi connectivity index (χ0v) is 30.3. The maximum absolute atomic E-state index is 12.2. The number of esters is 2. The first-order valence-electron chi connectivity index (χ1n) is 15.5. The van der Waals surface area contributed by atoms with Crippen LogP contribution in [0.2, 0.25) is 51.4 Å². The number of aldehydes is 1. The summed E-state index contributed by atoms with van der Waals surface area (Å²) >= 11 is 0. The number of anilines is 2. The summed E-state index contributed by atoms with van der Waals surface area (Å²) in [6, 6.07) is 1.91. The number of cyclic esters (lactones) is 2. The Morgan fingerprint density at radius 1 is 0.826 bits per heavy atom. The molecule has 2 heterocycles. The van der Waals surface area contributed by atoms with E-state index in [9.17, 15) is 24.3 Å². The van der Waals surface area contributed by atoms with E-state index in [2.05, 4.69) is 44.6 Å². The zero-order valence-electron chi connectivity index (χ0n) is 28.3. The normalized spacial score (nSPS) is 13.6. The highest BCUT2D eigenvalue weighted by Crippen LogP contribution is 2.42. The van der Waals surface area contributed by atoms with Crippen LogP contribution in [0.3, 0.4) is 0 Å². The maximum atomic E-state index is 12.2. The van der Waals surface area contributed by atoms with Crippen LogP contribution in [0.25, 0.3) is 0 Å². The fourth-order valence-electron chi connectivity index (χ4n) is 5.29. The molecular formula is C33H48N2O9Si2. The molecule has 2 aromatic rings. The van der Waals surface area contributed by atoms with Crippen molar-refractivity contribution in [3.05, 3.63) is 44.5 Å². The molecule has 0 unspecified atom stereocenters. The van der Waals surface area contributed by atoms with Crippen LogP contribution < -0.4 is 20.5 Å². The molecular weight excluding hydrogens is 625 g/mol. The number of nitrogens with two attached hydrogens (primary N) is 1. The second-order valence-electron chi connectivity index (χ2n) is 13.9. The molecule has 2 aromatic carbocycles. The van der Waals surface area contributed by atoms with Gasteiger partial charge in [0.25, 0.3) is 0 Å². The molecule has 2 aliphatic rings. The van der Waals surface area contributed by atoms with Gasteiger partial charge in [0.05, 0.1) is 18.9 Å². The van der Waals surface area contributed by atoms with Gasteiger partial charge >= 0.3 is 11.9 Å². The van der Waals surface area contributed by atoms with Gasteiger partial charge < -0.3 is 39.9 Å². The molecule has 0 aliphatic carbocycles. The number of carbonyl (C=O) groups excluding carboxylic acids is 4. The molecule has 2 aliphatic heterocycles. The number of ether oxygens (including phenoxy) is 4. The lowest BCUT2D eigenvalue weighted by Gasteiger charge is -2.21. The number of benzene rings is 2. The van der Waals surface area contributed by atoms with Crippen molar-refractivity contribution >= 4 is 52.2 Å². The van der Waals surface area contributed by atoms with Crippen molar-refractivity contribution in [2.24, 2.45) is 0 Å². The Balaban J connectivity index is 0.000000251. The zero-order chi connectivity index (χ0) is 34.4. The number of hydrogen-bond donors (Lipinski definition) is 3. The van der Waals surface area contributed by atoms with E-state index in [0.29, 0.717) is 76.7 Å². The Morgan fingerprint density at radius 2 is 1.30 bits per heavy atom. The molecule has 0 radical (unpaired) electrons. The molecule has 13 heteroatoms. The summed E-state index contributed by atoms with van der Waals surface area (Å²) in [7, 11) is -2.55. The number of nitrogens with one attached hydrogen (secondary N) is 1. The van der Waals surface area contributed by atoms with Gasteiger partial charge in [0.1, 0.15) is 42.1 Å². The number of amides is 1. The van der Waals surface area contributed by atoms with E-state index in [0.717, 1.165) is 35.1 Å². The standard InChI is InChI=1S/C17H23NO5Si.C16H25NO4Si/c1-11-13-9-23-17(21)14(13)16(22-7-8-24(2,3)4)12(5-6-19)15(11)18-10-20;1-10-12-9-21-16(19)13(12)15(11(5-6-18)14(10)17)20-7-8-22(2,3)4/h6,10H,5,7-9H2,1-4H3,(H,18,20);18H,5-9,17H2,1-4H3. The molecule has 0 saturated carbocycles. The van der Waals surface area contributed by atoms with Gasteiger partial charge in [-0.2, -0.15) is 0 Å². The number of carbonyl (C=O) groups is 4. The first-order chi connectivity index (χ1) is 21.6.